The first kappa shape index (κ1) is 27.1. The molecule has 37 heavy (non-hydrogen) atoms. The van der Waals surface area contributed by atoms with Crippen LogP contribution in [0.5, 0.6) is 34.5 Å². The first-order chi connectivity index (χ1) is 17.8. The molecule has 0 aliphatic carbocycles. The Bertz CT molecular complexity index is 1310. The number of ether oxygens (including phenoxy) is 5. The second-order valence-corrected chi connectivity index (χ2v) is 7.67. The van der Waals surface area contributed by atoms with Gasteiger partial charge in [0, 0.05) is 18.2 Å². The molecule has 0 fully saturated rings. The molecule has 194 valence electrons. The first-order valence-corrected chi connectivity index (χ1v) is 11.1. The number of benzene rings is 3. The fraction of sp³-hybridized carbons (Fsp3) is 0.214. The molecule has 3 aromatic rings. The van der Waals surface area contributed by atoms with Crippen molar-refractivity contribution in [2.45, 2.75) is 6.42 Å². The van der Waals surface area contributed by atoms with E-state index in [1.54, 1.807) is 30.4 Å². The molecule has 0 saturated carbocycles. The number of Topliss-reactive ketones (excluding diaryl/α,β-unsaturated/α-hetero) is 1. The minimum absolute atomic E-state index is 0.0572. The third-order valence-corrected chi connectivity index (χ3v) is 5.41. The van der Waals surface area contributed by atoms with E-state index < -0.39 is 5.82 Å². The average molecular weight is 510 g/mol. The maximum absolute atomic E-state index is 13.9. The second-order valence-electron chi connectivity index (χ2n) is 7.67. The number of nitrogens with zero attached hydrogens (tertiary/aromatic N) is 1. The Morgan fingerprint density at radius 1 is 0.811 bits per heavy atom. The number of carbonyl (C=O) groups is 1. The number of carbonyl (C=O) groups excluding carboxylic acids is 1. The molecule has 3 rings (SSSR count). The number of hydrogen-bond acceptors (Lipinski definition) is 8. The molecule has 0 aliphatic rings. The van der Waals surface area contributed by atoms with Gasteiger partial charge in [0.25, 0.3) is 0 Å². The Kier molecular flexibility index (Phi) is 9.10. The van der Waals surface area contributed by atoms with Gasteiger partial charge in [0.2, 0.25) is 5.75 Å². The maximum Gasteiger partial charge on any atom is 0.203 e. The van der Waals surface area contributed by atoms with Crippen LogP contribution in [0.2, 0.25) is 0 Å². The first-order valence-electron chi connectivity index (χ1n) is 11.1. The molecule has 1 N–H and O–H groups in total. The standard InChI is InChI=1S/C28H28FNO7/c1-33-24-9-8-19(16-20(24)29)22(31)10-11-30-21-12-17(13-23(32)27(21)36-4)6-7-18-14-25(34-2)28(37-5)26(15-18)35-3/h6-9,11-16,32H,10H2,1-5H3/b7-6-,30-11?. The summed E-state index contributed by atoms with van der Waals surface area (Å²) in [5, 5.41) is 10.5. The van der Waals surface area contributed by atoms with Crippen LogP contribution in [0.4, 0.5) is 10.1 Å². The third kappa shape index (κ3) is 6.38. The number of halogens is 1. The minimum atomic E-state index is -0.622. The van der Waals surface area contributed by atoms with E-state index in [9.17, 15) is 14.3 Å². The smallest absolute Gasteiger partial charge is 0.203 e. The van der Waals surface area contributed by atoms with Gasteiger partial charge in [-0.2, -0.15) is 0 Å². The van der Waals surface area contributed by atoms with E-state index in [0.717, 1.165) is 11.6 Å². The van der Waals surface area contributed by atoms with Crippen LogP contribution in [0.3, 0.4) is 0 Å². The predicted octanol–water partition coefficient (Wildman–Crippen LogP) is 5.72. The Balaban J connectivity index is 1.84. The molecule has 0 amide bonds. The topological polar surface area (TPSA) is 95.8 Å². The summed E-state index contributed by atoms with van der Waals surface area (Å²) >= 11 is 0. The van der Waals surface area contributed by atoms with Crippen molar-refractivity contribution in [1.82, 2.24) is 0 Å². The fourth-order valence-corrected chi connectivity index (χ4v) is 3.60. The van der Waals surface area contributed by atoms with Crippen LogP contribution in [0.15, 0.2) is 47.5 Å². The van der Waals surface area contributed by atoms with Gasteiger partial charge < -0.3 is 28.8 Å². The summed E-state index contributed by atoms with van der Waals surface area (Å²) in [6, 6.07) is 10.8. The van der Waals surface area contributed by atoms with Crippen LogP contribution in [-0.2, 0) is 0 Å². The van der Waals surface area contributed by atoms with Crippen LogP contribution in [0.1, 0.15) is 27.9 Å². The maximum atomic E-state index is 13.9. The normalized spacial score (nSPS) is 11.1. The Morgan fingerprint density at radius 3 is 1.95 bits per heavy atom. The highest BCUT2D eigenvalue weighted by Crippen LogP contribution is 2.40. The molecular weight excluding hydrogens is 481 g/mol. The van der Waals surface area contributed by atoms with Crippen LogP contribution in [0, 0.1) is 5.82 Å². The fourth-order valence-electron chi connectivity index (χ4n) is 3.60. The van der Waals surface area contributed by atoms with Gasteiger partial charge in [-0.15, -0.1) is 0 Å². The lowest BCUT2D eigenvalue weighted by atomic mass is 10.1. The van der Waals surface area contributed by atoms with Crippen molar-refractivity contribution >= 4 is 29.8 Å². The largest absolute Gasteiger partial charge is 0.504 e. The molecule has 3 aromatic carbocycles. The highest BCUT2D eigenvalue weighted by atomic mass is 19.1. The van der Waals surface area contributed by atoms with Crippen LogP contribution in [-0.4, -0.2) is 52.7 Å². The lowest BCUT2D eigenvalue weighted by molar-refractivity contribution is 0.100. The quantitative estimate of drug-likeness (QED) is 0.201. The molecule has 0 unspecified atom stereocenters. The van der Waals surface area contributed by atoms with Gasteiger partial charge in [-0.1, -0.05) is 12.2 Å². The molecule has 0 aromatic heterocycles. The zero-order valence-electron chi connectivity index (χ0n) is 21.2. The van der Waals surface area contributed by atoms with Crippen molar-refractivity contribution in [3.63, 3.8) is 0 Å². The highest BCUT2D eigenvalue weighted by Gasteiger charge is 2.14. The lowest BCUT2D eigenvalue weighted by Crippen LogP contribution is -2.01. The van der Waals surface area contributed by atoms with Crippen molar-refractivity contribution in [3.05, 3.63) is 65.0 Å². The van der Waals surface area contributed by atoms with E-state index in [0.29, 0.717) is 28.5 Å². The predicted molar refractivity (Wildman–Crippen MR) is 140 cm³/mol. The van der Waals surface area contributed by atoms with Gasteiger partial charge >= 0.3 is 0 Å². The lowest BCUT2D eigenvalue weighted by Gasteiger charge is -2.13. The van der Waals surface area contributed by atoms with Crippen LogP contribution >= 0.6 is 0 Å². The number of hydrogen-bond donors (Lipinski definition) is 1. The summed E-state index contributed by atoms with van der Waals surface area (Å²) in [5.74, 6) is 0.635. The monoisotopic (exact) mass is 509 g/mol. The summed E-state index contributed by atoms with van der Waals surface area (Å²) in [7, 11) is 7.36. The Morgan fingerprint density at radius 2 is 1.41 bits per heavy atom. The van der Waals surface area contributed by atoms with Gasteiger partial charge in [0.15, 0.2) is 40.3 Å². The van der Waals surface area contributed by atoms with Gasteiger partial charge in [-0.25, -0.2) is 4.39 Å². The van der Waals surface area contributed by atoms with Crippen LogP contribution in [0.25, 0.3) is 12.2 Å². The molecule has 0 spiro atoms. The number of aliphatic imine (C=N–C) groups is 1. The summed E-state index contributed by atoms with van der Waals surface area (Å²) in [6.07, 6.45) is 4.88. The Hall–Kier alpha value is -4.53. The summed E-state index contributed by atoms with van der Waals surface area (Å²) in [4.78, 5) is 16.8. The van der Waals surface area contributed by atoms with Gasteiger partial charge in [0.1, 0.15) is 5.69 Å². The van der Waals surface area contributed by atoms with E-state index in [4.69, 9.17) is 23.7 Å². The molecule has 0 bridgehead atoms. The van der Waals surface area contributed by atoms with E-state index >= 15 is 0 Å². The van der Waals surface area contributed by atoms with Gasteiger partial charge in [-0.05, 0) is 53.6 Å². The molecule has 8 nitrogen and oxygen atoms in total. The molecule has 0 atom stereocenters. The second kappa shape index (κ2) is 12.4. The van der Waals surface area contributed by atoms with Gasteiger partial charge in [-0.3, -0.25) is 9.79 Å². The zero-order valence-corrected chi connectivity index (χ0v) is 21.2. The number of methoxy groups -OCH3 is 5. The van der Waals surface area contributed by atoms with Crippen molar-refractivity contribution in [2.24, 2.45) is 4.99 Å². The minimum Gasteiger partial charge on any atom is -0.504 e. The van der Waals surface area contributed by atoms with E-state index in [1.807, 2.05) is 0 Å². The number of phenolic OH excluding ortho intramolecular Hbond substituents is 1. The number of phenols is 1. The van der Waals surface area contributed by atoms with Crippen molar-refractivity contribution in [1.29, 1.82) is 0 Å². The molecule has 0 saturated heterocycles. The van der Waals surface area contributed by atoms with E-state index in [-0.39, 0.29) is 35.0 Å². The van der Waals surface area contributed by atoms with E-state index in [2.05, 4.69) is 4.99 Å². The molecule has 9 heteroatoms. The van der Waals surface area contributed by atoms with Gasteiger partial charge in [0.05, 0.1) is 35.5 Å². The molecule has 0 aliphatic heterocycles. The third-order valence-electron chi connectivity index (χ3n) is 5.41. The van der Waals surface area contributed by atoms with E-state index in [1.165, 1.54) is 60.0 Å². The SMILES string of the molecule is COc1ccc(C(=O)CC=Nc2cc(/C=C\c3cc(OC)c(OC)c(OC)c3)cc(O)c2OC)cc1F. The summed E-state index contributed by atoms with van der Waals surface area (Å²) < 4.78 is 40.2. The number of ketones is 1. The molecular formula is C28H28FNO7. The van der Waals surface area contributed by atoms with Crippen molar-refractivity contribution in [2.75, 3.05) is 35.5 Å². The summed E-state index contributed by atoms with van der Waals surface area (Å²) in [5.41, 5.74) is 1.91. The van der Waals surface area contributed by atoms with Crippen molar-refractivity contribution in [3.8, 4) is 34.5 Å². The van der Waals surface area contributed by atoms with Crippen LogP contribution < -0.4 is 23.7 Å². The molecule has 0 radical (unpaired) electrons. The number of rotatable bonds is 11. The molecule has 0 heterocycles. The van der Waals surface area contributed by atoms with Crippen molar-refractivity contribution < 1.29 is 38.0 Å². The highest BCUT2D eigenvalue weighted by molar-refractivity contribution is 6.04. The average Bonchev–Trinajstić information content (AvgIpc) is 2.90. The number of aromatic hydroxyl groups is 1. The summed E-state index contributed by atoms with van der Waals surface area (Å²) in [6.45, 7) is 0. The Labute approximate surface area is 214 Å². The zero-order chi connectivity index (χ0) is 26.9.